The summed E-state index contributed by atoms with van der Waals surface area (Å²) in [4.78, 5) is 42.2. The molecule has 1 aromatic heterocycles. The molecule has 1 atom stereocenters. The lowest BCUT2D eigenvalue weighted by Crippen LogP contribution is -2.52. The molecule has 0 bridgehead atoms. The minimum absolute atomic E-state index is 0.267. The summed E-state index contributed by atoms with van der Waals surface area (Å²) in [5, 5.41) is 7.61. The van der Waals surface area contributed by atoms with Crippen LogP contribution in [0, 0.1) is 0 Å². The topological polar surface area (TPSA) is 87.7 Å². The van der Waals surface area contributed by atoms with Crippen molar-refractivity contribution in [2.75, 3.05) is 18.6 Å². The van der Waals surface area contributed by atoms with Crippen LogP contribution in [0.5, 0.6) is 5.75 Å². The maximum Gasteiger partial charge on any atom is 0.261 e. The number of hydrogen-bond donors (Lipinski definition) is 2. The summed E-state index contributed by atoms with van der Waals surface area (Å²) in [5.41, 5.74) is 1.78. The van der Waals surface area contributed by atoms with Crippen LogP contribution in [0.15, 0.2) is 66.0 Å². The van der Waals surface area contributed by atoms with Crippen LogP contribution in [0.3, 0.4) is 0 Å². The van der Waals surface area contributed by atoms with Gasteiger partial charge in [-0.1, -0.05) is 44.2 Å². The van der Waals surface area contributed by atoms with Gasteiger partial charge < -0.3 is 15.4 Å². The number of nitrogens with zero attached hydrogens (tertiary/aromatic N) is 1. The van der Waals surface area contributed by atoms with E-state index in [9.17, 15) is 14.4 Å². The van der Waals surface area contributed by atoms with Crippen molar-refractivity contribution in [2.24, 2.45) is 0 Å². The van der Waals surface area contributed by atoms with Crippen molar-refractivity contribution in [1.82, 2.24) is 10.6 Å². The Balaban J connectivity index is 2.06. The second-order valence-electron chi connectivity index (χ2n) is 9.35. The standard InChI is InChI=1S/C29H35N3O4S/c1-6-20-13-15-22(16-14-20)32(25(33)19-30-27(34)24-12-9-17-37-24)26(28(35)31-29(3,4)7-2)21-10-8-11-23(18-21)36-5/h8-18,26H,6-7,19H2,1-5H3,(H,30,34)(H,31,35). The number of nitrogens with one attached hydrogen (secondary N) is 2. The summed E-state index contributed by atoms with van der Waals surface area (Å²) < 4.78 is 5.41. The van der Waals surface area contributed by atoms with Gasteiger partial charge in [0, 0.05) is 11.2 Å². The van der Waals surface area contributed by atoms with Gasteiger partial charge in [0.2, 0.25) is 11.8 Å². The highest BCUT2D eigenvalue weighted by molar-refractivity contribution is 7.12. The number of methoxy groups -OCH3 is 1. The Morgan fingerprint density at radius 1 is 1.03 bits per heavy atom. The first-order valence-electron chi connectivity index (χ1n) is 12.4. The molecule has 1 unspecified atom stereocenters. The zero-order valence-electron chi connectivity index (χ0n) is 22.0. The van der Waals surface area contributed by atoms with Gasteiger partial charge in [-0.15, -0.1) is 11.3 Å². The number of carbonyl (C=O) groups excluding carboxylic acids is 3. The van der Waals surface area contributed by atoms with E-state index in [-0.39, 0.29) is 18.4 Å². The van der Waals surface area contributed by atoms with Crippen molar-refractivity contribution in [3.8, 4) is 5.75 Å². The summed E-state index contributed by atoms with van der Waals surface area (Å²) in [6.07, 6.45) is 1.55. The number of ether oxygens (including phenoxy) is 1. The van der Waals surface area contributed by atoms with Crippen molar-refractivity contribution in [3.63, 3.8) is 0 Å². The van der Waals surface area contributed by atoms with Crippen LogP contribution < -0.4 is 20.3 Å². The zero-order valence-corrected chi connectivity index (χ0v) is 22.9. The van der Waals surface area contributed by atoms with E-state index in [4.69, 9.17) is 4.74 Å². The highest BCUT2D eigenvalue weighted by Crippen LogP contribution is 2.31. The van der Waals surface area contributed by atoms with Gasteiger partial charge in [0.25, 0.3) is 5.91 Å². The number of aryl methyl sites for hydroxylation is 1. The summed E-state index contributed by atoms with van der Waals surface area (Å²) in [5.74, 6) is -0.493. The number of benzene rings is 2. The molecular formula is C29H35N3O4S. The average Bonchev–Trinajstić information content (AvgIpc) is 3.45. The molecule has 0 saturated heterocycles. The number of hydrogen-bond acceptors (Lipinski definition) is 5. The lowest BCUT2D eigenvalue weighted by molar-refractivity contribution is -0.127. The van der Waals surface area contributed by atoms with E-state index >= 15 is 0 Å². The Morgan fingerprint density at radius 2 is 1.76 bits per heavy atom. The molecule has 0 aliphatic heterocycles. The number of carbonyl (C=O) groups is 3. The maximum absolute atomic E-state index is 13.9. The van der Waals surface area contributed by atoms with Gasteiger partial charge >= 0.3 is 0 Å². The molecule has 37 heavy (non-hydrogen) atoms. The fraction of sp³-hybridized carbons (Fsp3) is 0.345. The molecule has 1 heterocycles. The quantitative estimate of drug-likeness (QED) is 0.366. The summed E-state index contributed by atoms with van der Waals surface area (Å²) >= 11 is 1.30. The van der Waals surface area contributed by atoms with Gasteiger partial charge in [0.15, 0.2) is 0 Å². The van der Waals surface area contributed by atoms with Crippen molar-refractivity contribution < 1.29 is 19.1 Å². The molecule has 3 amide bonds. The van der Waals surface area contributed by atoms with Crippen LogP contribution in [-0.2, 0) is 16.0 Å². The fourth-order valence-electron chi connectivity index (χ4n) is 3.78. The monoisotopic (exact) mass is 521 g/mol. The molecule has 0 spiro atoms. The summed E-state index contributed by atoms with van der Waals surface area (Å²) in [6.45, 7) is 7.66. The first-order chi connectivity index (χ1) is 17.7. The maximum atomic E-state index is 13.9. The van der Waals surface area contributed by atoms with Crippen LogP contribution in [0.4, 0.5) is 5.69 Å². The average molecular weight is 522 g/mol. The smallest absolute Gasteiger partial charge is 0.261 e. The van der Waals surface area contributed by atoms with Gasteiger partial charge in [-0.2, -0.15) is 0 Å². The number of thiophene rings is 1. The minimum atomic E-state index is -0.987. The predicted octanol–water partition coefficient (Wildman–Crippen LogP) is 5.13. The van der Waals surface area contributed by atoms with Gasteiger partial charge in [-0.3, -0.25) is 19.3 Å². The van der Waals surface area contributed by atoms with E-state index < -0.39 is 17.5 Å². The van der Waals surface area contributed by atoms with Crippen molar-refractivity contribution >= 4 is 34.7 Å². The second kappa shape index (κ2) is 12.5. The molecule has 7 nitrogen and oxygen atoms in total. The number of anilines is 1. The normalized spacial score (nSPS) is 11.9. The molecule has 2 aromatic carbocycles. The highest BCUT2D eigenvalue weighted by Gasteiger charge is 2.35. The first-order valence-corrected chi connectivity index (χ1v) is 13.3. The van der Waals surface area contributed by atoms with Crippen LogP contribution in [0.25, 0.3) is 0 Å². The lowest BCUT2D eigenvalue weighted by atomic mass is 9.98. The van der Waals surface area contributed by atoms with Crippen LogP contribution in [-0.4, -0.2) is 36.9 Å². The molecule has 0 saturated carbocycles. The van der Waals surface area contributed by atoms with E-state index in [1.54, 1.807) is 48.9 Å². The highest BCUT2D eigenvalue weighted by atomic mass is 32.1. The molecule has 2 N–H and O–H groups in total. The Morgan fingerprint density at radius 3 is 2.35 bits per heavy atom. The van der Waals surface area contributed by atoms with E-state index in [1.165, 1.54) is 16.2 Å². The Labute approximate surface area is 222 Å². The fourth-order valence-corrected chi connectivity index (χ4v) is 4.42. The molecule has 0 radical (unpaired) electrons. The van der Waals surface area contributed by atoms with Crippen LogP contribution >= 0.6 is 11.3 Å². The van der Waals surface area contributed by atoms with Gasteiger partial charge in [0.1, 0.15) is 11.8 Å². The van der Waals surface area contributed by atoms with Crippen LogP contribution in [0.1, 0.15) is 61.0 Å². The molecule has 196 valence electrons. The van der Waals surface area contributed by atoms with Crippen molar-refractivity contribution in [2.45, 2.75) is 52.1 Å². The molecule has 0 aliphatic rings. The third-order valence-corrected chi connectivity index (χ3v) is 7.17. The predicted molar refractivity (Wildman–Crippen MR) is 148 cm³/mol. The van der Waals surface area contributed by atoms with E-state index in [1.807, 2.05) is 45.0 Å². The van der Waals surface area contributed by atoms with E-state index in [2.05, 4.69) is 17.6 Å². The molecule has 3 rings (SSSR count). The van der Waals surface area contributed by atoms with E-state index in [0.29, 0.717) is 28.3 Å². The number of amides is 3. The van der Waals surface area contributed by atoms with Gasteiger partial charge in [-0.25, -0.2) is 0 Å². The molecule has 0 fully saturated rings. The third kappa shape index (κ3) is 7.20. The number of rotatable bonds is 11. The summed E-state index contributed by atoms with van der Waals surface area (Å²) in [7, 11) is 1.56. The lowest BCUT2D eigenvalue weighted by Gasteiger charge is -2.35. The first kappa shape index (κ1) is 27.9. The zero-order chi connectivity index (χ0) is 27.0. The second-order valence-corrected chi connectivity index (χ2v) is 10.3. The molecule has 0 aliphatic carbocycles. The largest absolute Gasteiger partial charge is 0.497 e. The SMILES string of the molecule is CCc1ccc(N(C(=O)CNC(=O)c2cccs2)C(C(=O)NC(C)(C)CC)c2cccc(OC)c2)cc1. The van der Waals surface area contributed by atoms with Crippen LogP contribution in [0.2, 0.25) is 0 Å². The Hall–Kier alpha value is -3.65. The molecule has 3 aromatic rings. The third-order valence-electron chi connectivity index (χ3n) is 6.30. The van der Waals surface area contributed by atoms with Gasteiger partial charge in [0.05, 0.1) is 18.5 Å². The Kier molecular flexibility index (Phi) is 9.47. The molecular weight excluding hydrogens is 486 g/mol. The molecule has 8 heteroatoms. The Bertz CT molecular complexity index is 1210. The van der Waals surface area contributed by atoms with Crippen molar-refractivity contribution in [3.05, 3.63) is 82.0 Å². The van der Waals surface area contributed by atoms with E-state index in [0.717, 1.165) is 12.0 Å². The van der Waals surface area contributed by atoms with Gasteiger partial charge in [-0.05, 0) is 73.5 Å². The minimum Gasteiger partial charge on any atom is -0.497 e. The van der Waals surface area contributed by atoms with Crippen molar-refractivity contribution in [1.29, 1.82) is 0 Å². The summed E-state index contributed by atoms with van der Waals surface area (Å²) in [6, 6.07) is 17.2.